The Balaban J connectivity index is 2.29. The molecule has 1 rings (SSSR count). The van der Waals surface area contributed by atoms with Gasteiger partial charge in [-0.1, -0.05) is 199 Å². The molecule has 0 aromatic rings. The standard InChI is InChI=1S/C50H90O11/c1-3-5-7-9-11-13-15-17-19-20-21-22-23-24-25-27-29-31-33-35-37-39-44(52)60-42(41-59-50-47(55)45(53)46(54)48(61-50)49(56)57)40-58-43(51)38-36-34-32-30-28-26-18-16-14-12-10-8-6-4-2/h10,12,16,18,42,45-48,50,53-55H,3-9,11,13-15,17,19-41H2,1-2H3,(H,56,57)/b12-10-,18-16-. The molecule has 0 spiro atoms. The fraction of sp³-hybridized carbons (Fsp3) is 0.860. The van der Waals surface area contributed by atoms with Gasteiger partial charge in [0.1, 0.15) is 24.9 Å². The van der Waals surface area contributed by atoms with Crippen LogP contribution in [0, 0.1) is 0 Å². The number of unbranched alkanes of at least 4 members (excludes halogenated alkanes) is 27. The van der Waals surface area contributed by atoms with Gasteiger partial charge in [-0.15, -0.1) is 0 Å². The summed E-state index contributed by atoms with van der Waals surface area (Å²) in [6, 6.07) is 0. The normalized spacial score (nSPS) is 19.8. The van der Waals surface area contributed by atoms with Crippen molar-refractivity contribution in [1.29, 1.82) is 0 Å². The molecule has 0 aliphatic carbocycles. The van der Waals surface area contributed by atoms with Gasteiger partial charge in [0, 0.05) is 12.8 Å². The monoisotopic (exact) mass is 867 g/mol. The number of carbonyl (C=O) groups is 3. The van der Waals surface area contributed by atoms with E-state index in [9.17, 15) is 34.8 Å². The maximum Gasteiger partial charge on any atom is 0.335 e. The number of hydrogen-bond donors (Lipinski definition) is 4. The quantitative estimate of drug-likeness (QED) is 0.0262. The zero-order valence-electron chi connectivity index (χ0n) is 38.7. The third-order valence-corrected chi connectivity index (χ3v) is 11.6. The Kier molecular flexibility index (Phi) is 37.6. The van der Waals surface area contributed by atoms with Crippen molar-refractivity contribution in [2.75, 3.05) is 13.2 Å². The number of hydrogen-bond acceptors (Lipinski definition) is 10. The average Bonchev–Trinajstić information content (AvgIpc) is 3.24. The van der Waals surface area contributed by atoms with Crippen LogP contribution < -0.4 is 0 Å². The van der Waals surface area contributed by atoms with Crippen LogP contribution in [-0.4, -0.2) is 88.4 Å². The largest absolute Gasteiger partial charge is 0.479 e. The van der Waals surface area contributed by atoms with Crippen LogP contribution in [0.1, 0.15) is 226 Å². The number of aliphatic carboxylic acids is 1. The van der Waals surface area contributed by atoms with E-state index >= 15 is 0 Å². The van der Waals surface area contributed by atoms with Gasteiger partial charge in [0.25, 0.3) is 0 Å². The second-order valence-corrected chi connectivity index (χ2v) is 17.3. The van der Waals surface area contributed by atoms with Gasteiger partial charge in [-0.05, 0) is 38.5 Å². The number of aliphatic hydroxyl groups is 3. The summed E-state index contributed by atoms with van der Waals surface area (Å²) < 4.78 is 21.8. The number of ether oxygens (including phenoxy) is 4. The summed E-state index contributed by atoms with van der Waals surface area (Å²) in [4.78, 5) is 36.9. The molecule has 0 bridgehead atoms. The Morgan fingerprint density at radius 1 is 0.508 bits per heavy atom. The molecule has 1 heterocycles. The minimum atomic E-state index is -1.86. The summed E-state index contributed by atoms with van der Waals surface area (Å²) in [5.41, 5.74) is 0. The van der Waals surface area contributed by atoms with Crippen molar-refractivity contribution in [2.24, 2.45) is 0 Å². The lowest BCUT2D eigenvalue weighted by atomic mass is 9.99. The number of carboxylic acids is 1. The summed E-state index contributed by atoms with van der Waals surface area (Å²) >= 11 is 0. The van der Waals surface area contributed by atoms with Crippen LogP contribution in [0.3, 0.4) is 0 Å². The van der Waals surface area contributed by atoms with Crippen molar-refractivity contribution in [2.45, 2.75) is 263 Å². The Bertz CT molecular complexity index is 1110. The van der Waals surface area contributed by atoms with E-state index in [0.717, 1.165) is 64.2 Å². The van der Waals surface area contributed by atoms with Gasteiger partial charge >= 0.3 is 17.9 Å². The summed E-state index contributed by atoms with van der Waals surface area (Å²) in [5, 5.41) is 39.9. The molecule has 0 saturated carbocycles. The van der Waals surface area contributed by atoms with E-state index in [1.807, 2.05) is 0 Å². The van der Waals surface area contributed by atoms with E-state index in [1.54, 1.807) is 0 Å². The third-order valence-electron chi connectivity index (χ3n) is 11.6. The summed E-state index contributed by atoms with van der Waals surface area (Å²) in [5.74, 6) is -2.45. The molecule has 1 fully saturated rings. The number of carboxylic acid groups (broad SMARTS) is 1. The van der Waals surface area contributed by atoms with Gasteiger partial charge in [0.05, 0.1) is 6.61 Å². The minimum absolute atomic E-state index is 0.184. The Hall–Kier alpha value is -2.31. The smallest absolute Gasteiger partial charge is 0.335 e. The van der Waals surface area contributed by atoms with Crippen LogP contribution >= 0.6 is 0 Å². The molecular weight excluding hydrogens is 777 g/mol. The van der Waals surface area contributed by atoms with Crippen molar-refractivity contribution < 1.29 is 53.8 Å². The minimum Gasteiger partial charge on any atom is -0.479 e. The molecule has 11 nitrogen and oxygen atoms in total. The average molecular weight is 867 g/mol. The van der Waals surface area contributed by atoms with E-state index in [2.05, 4.69) is 38.2 Å². The fourth-order valence-electron chi connectivity index (χ4n) is 7.60. The first-order valence-electron chi connectivity index (χ1n) is 24.9. The molecule has 0 amide bonds. The SMILES string of the molecule is CCCC/C=C\C/C=C\CCCCCCCC(=O)OCC(COC1OC(C(=O)O)C(O)C(O)C1O)OC(=O)CCCCCCCCCCCCCCCCCCCCCCC. The number of carbonyl (C=O) groups excluding carboxylic acids is 2. The van der Waals surface area contributed by atoms with Gasteiger partial charge in [-0.2, -0.15) is 0 Å². The fourth-order valence-corrected chi connectivity index (χ4v) is 7.60. The van der Waals surface area contributed by atoms with Gasteiger partial charge in [-0.25, -0.2) is 4.79 Å². The predicted octanol–water partition coefficient (Wildman–Crippen LogP) is 11.4. The Labute approximate surface area is 370 Å². The number of esters is 2. The molecular formula is C50H90O11. The van der Waals surface area contributed by atoms with Crippen molar-refractivity contribution in [3.8, 4) is 0 Å². The lowest BCUT2D eigenvalue weighted by Gasteiger charge is -2.38. The molecule has 356 valence electrons. The Morgan fingerprint density at radius 2 is 0.934 bits per heavy atom. The number of rotatable bonds is 42. The highest BCUT2D eigenvalue weighted by Gasteiger charge is 2.47. The molecule has 61 heavy (non-hydrogen) atoms. The van der Waals surface area contributed by atoms with Crippen molar-refractivity contribution in [1.82, 2.24) is 0 Å². The van der Waals surface area contributed by atoms with Crippen LogP contribution in [0.15, 0.2) is 24.3 Å². The molecule has 1 aliphatic heterocycles. The Morgan fingerprint density at radius 3 is 1.41 bits per heavy atom. The third kappa shape index (κ3) is 32.1. The van der Waals surface area contributed by atoms with Gasteiger partial charge in [0.2, 0.25) is 0 Å². The molecule has 1 aliphatic rings. The summed E-state index contributed by atoms with van der Waals surface area (Å²) in [6.45, 7) is 3.79. The molecule has 0 aromatic carbocycles. The molecule has 1 saturated heterocycles. The predicted molar refractivity (Wildman–Crippen MR) is 243 cm³/mol. The first kappa shape index (κ1) is 56.7. The maximum atomic E-state index is 12.8. The van der Waals surface area contributed by atoms with Crippen molar-refractivity contribution in [3.63, 3.8) is 0 Å². The lowest BCUT2D eigenvalue weighted by Crippen LogP contribution is -2.60. The van der Waals surface area contributed by atoms with E-state index in [-0.39, 0.29) is 19.4 Å². The highest BCUT2D eigenvalue weighted by atomic mass is 16.7. The number of aliphatic hydroxyl groups excluding tert-OH is 3. The first-order valence-corrected chi connectivity index (χ1v) is 24.9. The summed E-state index contributed by atoms with van der Waals surface area (Å²) in [7, 11) is 0. The second kappa shape index (κ2) is 40.5. The number of allylic oxidation sites excluding steroid dienone is 4. The van der Waals surface area contributed by atoms with E-state index in [0.29, 0.717) is 12.8 Å². The van der Waals surface area contributed by atoms with Gasteiger partial charge < -0.3 is 39.4 Å². The summed E-state index contributed by atoms with van der Waals surface area (Å²) in [6.07, 6.45) is 36.6. The van der Waals surface area contributed by atoms with E-state index in [1.165, 1.54) is 122 Å². The van der Waals surface area contributed by atoms with Gasteiger partial charge in [-0.3, -0.25) is 9.59 Å². The zero-order valence-corrected chi connectivity index (χ0v) is 38.7. The van der Waals surface area contributed by atoms with Crippen LogP contribution in [0.4, 0.5) is 0 Å². The zero-order chi connectivity index (χ0) is 44.6. The van der Waals surface area contributed by atoms with Crippen LogP contribution in [-0.2, 0) is 33.3 Å². The molecule has 0 aromatic heterocycles. The second-order valence-electron chi connectivity index (χ2n) is 17.3. The van der Waals surface area contributed by atoms with Crippen molar-refractivity contribution >= 4 is 17.9 Å². The van der Waals surface area contributed by atoms with Crippen LogP contribution in [0.25, 0.3) is 0 Å². The first-order chi connectivity index (χ1) is 29.7. The topological polar surface area (TPSA) is 169 Å². The van der Waals surface area contributed by atoms with Crippen LogP contribution in [0.5, 0.6) is 0 Å². The molecule has 0 radical (unpaired) electrons. The molecule has 11 heteroatoms. The molecule has 6 atom stereocenters. The van der Waals surface area contributed by atoms with E-state index < -0.39 is 61.3 Å². The highest BCUT2D eigenvalue weighted by molar-refractivity contribution is 5.73. The van der Waals surface area contributed by atoms with E-state index in [4.69, 9.17) is 18.9 Å². The highest BCUT2D eigenvalue weighted by Crippen LogP contribution is 2.23. The lowest BCUT2D eigenvalue weighted by molar-refractivity contribution is -0.298. The maximum absolute atomic E-state index is 12.8. The molecule has 4 N–H and O–H groups in total. The van der Waals surface area contributed by atoms with Crippen molar-refractivity contribution in [3.05, 3.63) is 24.3 Å². The van der Waals surface area contributed by atoms with Gasteiger partial charge in [0.15, 0.2) is 18.5 Å². The molecule has 6 unspecified atom stereocenters. The van der Waals surface area contributed by atoms with Crippen LogP contribution in [0.2, 0.25) is 0 Å².